The van der Waals surface area contributed by atoms with Crippen LogP contribution in [0.25, 0.3) is 0 Å². The third kappa shape index (κ3) is 4.67. The van der Waals surface area contributed by atoms with Crippen molar-refractivity contribution in [2.24, 2.45) is 0 Å². The average Bonchev–Trinajstić information content (AvgIpc) is 2.85. The van der Waals surface area contributed by atoms with E-state index < -0.39 is 0 Å². The quantitative estimate of drug-likeness (QED) is 0.787. The maximum absolute atomic E-state index is 12.2. The van der Waals surface area contributed by atoms with Crippen LogP contribution in [0.2, 0.25) is 0 Å². The molecule has 4 heteroatoms. The van der Waals surface area contributed by atoms with Crippen LogP contribution in [0.5, 0.6) is 0 Å². The van der Waals surface area contributed by atoms with Gasteiger partial charge in [-0.15, -0.1) is 11.3 Å². The molecular weight excluding hydrogens is 280 g/mol. The van der Waals surface area contributed by atoms with E-state index in [0.717, 1.165) is 47.8 Å². The highest BCUT2D eigenvalue weighted by Crippen LogP contribution is 2.20. The average molecular weight is 302 g/mol. The molecular formula is C17H22N2OS. The Morgan fingerprint density at radius 3 is 2.71 bits per heavy atom. The number of carbonyl (C=O) groups excluding carboxylic acids is 1. The lowest BCUT2D eigenvalue weighted by Gasteiger charge is -2.02. The van der Waals surface area contributed by atoms with Gasteiger partial charge in [0.25, 0.3) is 5.91 Å². The van der Waals surface area contributed by atoms with Crippen LogP contribution in [0, 0.1) is 6.92 Å². The van der Waals surface area contributed by atoms with Gasteiger partial charge in [-0.3, -0.25) is 4.79 Å². The molecule has 0 saturated carbocycles. The van der Waals surface area contributed by atoms with Gasteiger partial charge < -0.3 is 5.32 Å². The molecule has 0 spiro atoms. The molecule has 0 radical (unpaired) electrons. The Balaban J connectivity index is 1.97. The van der Waals surface area contributed by atoms with Crippen LogP contribution in [0.15, 0.2) is 30.3 Å². The summed E-state index contributed by atoms with van der Waals surface area (Å²) >= 11 is 1.50. The fraction of sp³-hybridized carbons (Fsp3) is 0.412. The third-order valence-electron chi connectivity index (χ3n) is 3.31. The van der Waals surface area contributed by atoms with E-state index in [-0.39, 0.29) is 5.91 Å². The van der Waals surface area contributed by atoms with Gasteiger partial charge in [-0.2, -0.15) is 0 Å². The first-order valence-electron chi connectivity index (χ1n) is 7.49. The van der Waals surface area contributed by atoms with Crippen molar-refractivity contribution in [3.63, 3.8) is 0 Å². The largest absolute Gasteiger partial charge is 0.351 e. The molecule has 3 nitrogen and oxygen atoms in total. The zero-order valence-electron chi connectivity index (χ0n) is 12.7. The number of benzene rings is 1. The number of aromatic nitrogens is 1. The number of hydrogen-bond donors (Lipinski definition) is 1. The summed E-state index contributed by atoms with van der Waals surface area (Å²) in [6.45, 7) is 4.81. The number of hydrogen-bond acceptors (Lipinski definition) is 3. The van der Waals surface area contributed by atoms with E-state index in [0.29, 0.717) is 0 Å². The standard InChI is InChI=1S/C17H22N2OS/c1-3-4-8-11-18-17(20)16-13(2)19-15(21-16)12-14-9-6-5-7-10-14/h5-7,9-10H,3-4,8,11-12H2,1-2H3,(H,18,20). The van der Waals surface area contributed by atoms with E-state index >= 15 is 0 Å². The minimum absolute atomic E-state index is 0.0143. The van der Waals surface area contributed by atoms with Crippen molar-refractivity contribution in [3.05, 3.63) is 51.5 Å². The predicted molar refractivity (Wildman–Crippen MR) is 88.0 cm³/mol. The second-order valence-electron chi connectivity index (χ2n) is 5.15. The van der Waals surface area contributed by atoms with Gasteiger partial charge in [0.05, 0.1) is 10.7 Å². The molecule has 0 saturated heterocycles. The fourth-order valence-corrected chi connectivity index (χ4v) is 3.18. The Bertz CT molecular complexity index is 578. The molecule has 0 aliphatic rings. The molecule has 1 N–H and O–H groups in total. The van der Waals surface area contributed by atoms with E-state index in [1.807, 2.05) is 25.1 Å². The smallest absolute Gasteiger partial charge is 0.263 e. The van der Waals surface area contributed by atoms with Crippen molar-refractivity contribution in [1.29, 1.82) is 0 Å². The van der Waals surface area contributed by atoms with Gasteiger partial charge in [0.15, 0.2) is 0 Å². The van der Waals surface area contributed by atoms with Crippen molar-refractivity contribution >= 4 is 17.2 Å². The van der Waals surface area contributed by atoms with Gasteiger partial charge in [-0.05, 0) is 18.9 Å². The Labute approximate surface area is 130 Å². The van der Waals surface area contributed by atoms with E-state index in [9.17, 15) is 4.79 Å². The Hall–Kier alpha value is -1.68. The number of nitrogens with one attached hydrogen (secondary N) is 1. The molecule has 2 rings (SSSR count). The highest BCUT2D eigenvalue weighted by atomic mass is 32.1. The predicted octanol–water partition coefficient (Wildman–Crippen LogP) is 3.96. The highest BCUT2D eigenvalue weighted by Gasteiger charge is 2.14. The van der Waals surface area contributed by atoms with Gasteiger partial charge in [0, 0.05) is 13.0 Å². The summed E-state index contributed by atoms with van der Waals surface area (Å²) in [6, 6.07) is 10.2. The zero-order chi connectivity index (χ0) is 15.1. The molecule has 1 aromatic heterocycles. The summed E-state index contributed by atoms with van der Waals surface area (Å²) in [6.07, 6.45) is 4.14. The van der Waals surface area contributed by atoms with Gasteiger partial charge in [-0.25, -0.2) is 4.98 Å². The molecule has 1 aromatic carbocycles. The second-order valence-corrected chi connectivity index (χ2v) is 6.23. The monoisotopic (exact) mass is 302 g/mol. The molecule has 112 valence electrons. The Morgan fingerprint density at radius 1 is 1.24 bits per heavy atom. The number of carbonyl (C=O) groups is 1. The van der Waals surface area contributed by atoms with Gasteiger partial charge >= 0.3 is 0 Å². The number of thiazole rings is 1. The molecule has 0 atom stereocenters. The summed E-state index contributed by atoms with van der Waals surface area (Å²) in [7, 11) is 0. The SMILES string of the molecule is CCCCCNC(=O)c1sc(Cc2ccccc2)nc1C. The molecule has 1 amide bonds. The molecule has 0 unspecified atom stereocenters. The molecule has 0 bridgehead atoms. The van der Waals surface area contributed by atoms with Crippen LogP contribution >= 0.6 is 11.3 Å². The van der Waals surface area contributed by atoms with Crippen molar-refractivity contribution in [2.75, 3.05) is 6.54 Å². The highest BCUT2D eigenvalue weighted by molar-refractivity contribution is 7.13. The lowest BCUT2D eigenvalue weighted by Crippen LogP contribution is -2.24. The number of rotatable bonds is 7. The normalized spacial score (nSPS) is 10.6. The lowest BCUT2D eigenvalue weighted by molar-refractivity contribution is 0.0956. The summed E-state index contributed by atoms with van der Waals surface area (Å²) in [4.78, 5) is 17.4. The van der Waals surface area contributed by atoms with Crippen LogP contribution < -0.4 is 5.32 Å². The topological polar surface area (TPSA) is 42.0 Å². The second kappa shape index (κ2) is 7.93. The van der Waals surface area contributed by atoms with Crippen molar-refractivity contribution < 1.29 is 4.79 Å². The zero-order valence-corrected chi connectivity index (χ0v) is 13.5. The molecule has 1 heterocycles. The van der Waals surface area contributed by atoms with Crippen molar-refractivity contribution in [1.82, 2.24) is 10.3 Å². The van der Waals surface area contributed by atoms with Crippen LogP contribution in [0.1, 0.15) is 52.1 Å². The Kier molecular flexibility index (Phi) is 5.93. The molecule has 0 aliphatic carbocycles. The van der Waals surface area contributed by atoms with Gasteiger partial charge in [-0.1, -0.05) is 50.1 Å². The van der Waals surface area contributed by atoms with E-state index in [1.54, 1.807) is 0 Å². The summed E-state index contributed by atoms with van der Waals surface area (Å²) in [5.41, 5.74) is 2.06. The van der Waals surface area contributed by atoms with E-state index in [4.69, 9.17) is 0 Å². The molecule has 2 aromatic rings. The minimum Gasteiger partial charge on any atom is -0.351 e. The number of aryl methyl sites for hydroxylation is 1. The maximum Gasteiger partial charge on any atom is 0.263 e. The van der Waals surface area contributed by atoms with Gasteiger partial charge in [0.1, 0.15) is 4.88 Å². The molecule has 0 fully saturated rings. The van der Waals surface area contributed by atoms with Crippen LogP contribution in [0.4, 0.5) is 0 Å². The number of nitrogens with zero attached hydrogens (tertiary/aromatic N) is 1. The molecule has 21 heavy (non-hydrogen) atoms. The van der Waals surface area contributed by atoms with Gasteiger partial charge in [0.2, 0.25) is 0 Å². The first-order chi connectivity index (χ1) is 10.2. The van der Waals surface area contributed by atoms with Crippen LogP contribution in [-0.4, -0.2) is 17.4 Å². The summed E-state index contributed by atoms with van der Waals surface area (Å²) < 4.78 is 0. The summed E-state index contributed by atoms with van der Waals surface area (Å²) in [5.74, 6) is 0.0143. The Morgan fingerprint density at radius 2 is 2.00 bits per heavy atom. The third-order valence-corrected chi connectivity index (χ3v) is 4.47. The van der Waals surface area contributed by atoms with Crippen molar-refractivity contribution in [2.45, 2.75) is 39.5 Å². The maximum atomic E-state index is 12.2. The first kappa shape index (κ1) is 15.7. The van der Waals surface area contributed by atoms with Crippen LogP contribution in [0.3, 0.4) is 0 Å². The number of unbranched alkanes of at least 4 members (excludes halogenated alkanes) is 2. The molecule has 0 aliphatic heterocycles. The summed E-state index contributed by atoms with van der Waals surface area (Å²) in [5, 5.41) is 3.98. The first-order valence-corrected chi connectivity index (χ1v) is 8.30. The lowest BCUT2D eigenvalue weighted by atomic mass is 10.2. The van der Waals surface area contributed by atoms with Crippen LogP contribution in [-0.2, 0) is 6.42 Å². The number of amides is 1. The van der Waals surface area contributed by atoms with E-state index in [2.05, 4.69) is 29.4 Å². The fourth-order valence-electron chi connectivity index (χ4n) is 2.17. The minimum atomic E-state index is 0.0143. The van der Waals surface area contributed by atoms with E-state index in [1.165, 1.54) is 16.9 Å². The van der Waals surface area contributed by atoms with Crippen molar-refractivity contribution in [3.8, 4) is 0 Å².